The molecule has 10 heteroatoms. The fraction of sp³-hybridized carbons (Fsp3) is 0.360. The molecule has 0 saturated heterocycles. The monoisotopic (exact) mass is 477 g/mol. The molecule has 182 valence electrons. The van der Waals surface area contributed by atoms with Crippen LogP contribution in [0.15, 0.2) is 47.7 Å². The van der Waals surface area contributed by atoms with E-state index in [4.69, 9.17) is 4.99 Å². The van der Waals surface area contributed by atoms with E-state index in [1.165, 1.54) is 24.0 Å². The second-order valence-electron chi connectivity index (χ2n) is 9.12. The molecule has 0 spiro atoms. The second kappa shape index (κ2) is 9.65. The zero-order valence-electron chi connectivity index (χ0n) is 19.7. The lowest BCUT2D eigenvalue weighted by molar-refractivity contribution is 0.0999. The van der Waals surface area contributed by atoms with Gasteiger partial charge in [-0.25, -0.2) is 19.5 Å². The van der Waals surface area contributed by atoms with Gasteiger partial charge in [0, 0.05) is 30.8 Å². The third kappa shape index (κ3) is 4.47. The standard InChI is InChI=1S/C25H28FN7O2/c1-32(2)13-15-4-6-16(7-5-15)23-22(25-28-14-29-33(25)8-3-9-34)24-21-18(20(35)12-27-24)10-17(26)11-19(21)30-31-23/h4-7,10-11,14,22-23,30-31,34H,3,8-9,12-13H2,1-2H3. The molecule has 2 aliphatic heterocycles. The predicted octanol–water partition coefficient (Wildman–Crippen LogP) is 2.30. The molecule has 3 aromatic rings. The van der Waals surface area contributed by atoms with E-state index in [1.807, 2.05) is 14.1 Å². The highest BCUT2D eigenvalue weighted by Crippen LogP contribution is 2.40. The number of carbonyl (C=O) groups excluding carboxylic acids is 1. The molecule has 0 bridgehead atoms. The third-order valence-corrected chi connectivity index (χ3v) is 6.33. The van der Waals surface area contributed by atoms with Crippen molar-refractivity contribution in [3.63, 3.8) is 0 Å². The minimum atomic E-state index is -0.489. The summed E-state index contributed by atoms with van der Waals surface area (Å²) in [6.07, 6.45) is 2.01. The van der Waals surface area contributed by atoms with Gasteiger partial charge >= 0.3 is 0 Å². The minimum absolute atomic E-state index is 0.0300. The zero-order valence-corrected chi connectivity index (χ0v) is 19.7. The maximum Gasteiger partial charge on any atom is 0.185 e. The number of ketones is 1. The largest absolute Gasteiger partial charge is 0.396 e. The van der Waals surface area contributed by atoms with Crippen molar-refractivity contribution in [2.45, 2.75) is 31.5 Å². The molecule has 2 atom stereocenters. The number of aryl methyl sites for hydroxylation is 1. The number of nitrogens with zero attached hydrogens (tertiary/aromatic N) is 5. The average Bonchev–Trinajstić information content (AvgIpc) is 3.23. The summed E-state index contributed by atoms with van der Waals surface area (Å²) < 4.78 is 16.2. The second-order valence-corrected chi connectivity index (χ2v) is 9.12. The van der Waals surface area contributed by atoms with Crippen molar-refractivity contribution in [2.24, 2.45) is 4.99 Å². The van der Waals surface area contributed by atoms with E-state index < -0.39 is 11.7 Å². The average molecular weight is 478 g/mol. The van der Waals surface area contributed by atoms with Crippen molar-refractivity contribution in [3.8, 4) is 0 Å². The van der Waals surface area contributed by atoms with Crippen LogP contribution in [0.4, 0.5) is 10.1 Å². The SMILES string of the molecule is CN(C)Cc1ccc(C2NNc3cc(F)cc4c3C(=NCC4=O)C2c2ncnn2CCCO)cc1. The number of rotatable bonds is 7. The molecule has 9 nitrogen and oxygen atoms in total. The van der Waals surface area contributed by atoms with Gasteiger partial charge in [-0.15, -0.1) is 0 Å². The molecule has 35 heavy (non-hydrogen) atoms. The molecule has 3 N–H and O–H groups in total. The van der Waals surface area contributed by atoms with Crippen LogP contribution < -0.4 is 10.9 Å². The lowest BCUT2D eigenvalue weighted by Gasteiger charge is -2.28. The Morgan fingerprint density at radius 2 is 2.03 bits per heavy atom. The lowest BCUT2D eigenvalue weighted by atomic mass is 9.82. The Labute approximate surface area is 202 Å². The third-order valence-electron chi connectivity index (χ3n) is 6.33. The van der Waals surface area contributed by atoms with E-state index in [0.717, 1.165) is 12.1 Å². The van der Waals surface area contributed by atoms with Gasteiger partial charge in [0.2, 0.25) is 0 Å². The van der Waals surface area contributed by atoms with Crippen molar-refractivity contribution >= 4 is 17.2 Å². The summed E-state index contributed by atoms with van der Waals surface area (Å²) in [6, 6.07) is 10.6. The highest BCUT2D eigenvalue weighted by molar-refractivity contribution is 6.20. The molecule has 0 amide bonds. The topological polar surface area (TPSA) is 108 Å². The summed E-state index contributed by atoms with van der Waals surface area (Å²) in [5.74, 6) is -0.469. The van der Waals surface area contributed by atoms with Gasteiger partial charge in [0.15, 0.2) is 5.78 Å². The molecule has 3 heterocycles. The minimum Gasteiger partial charge on any atom is -0.396 e. The summed E-state index contributed by atoms with van der Waals surface area (Å²) in [5.41, 5.74) is 10.7. The number of hydrazine groups is 1. The van der Waals surface area contributed by atoms with Crippen LogP contribution in [0.1, 0.15) is 51.3 Å². The highest BCUT2D eigenvalue weighted by Gasteiger charge is 2.40. The quantitative estimate of drug-likeness (QED) is 0.479. The number of carbonyl (C=O) groups is 1. The van der Waals surface area contributed by atoms with Crippen LogP contribution in [-0.4, -0.2) is 63.5 Å². The van der Waals surface area contributed by atoms with E-state index in [0.29, 0.717) is 41.3 Å². The van der Waals surface area contributed by atoms with Gasteiger partial charge in [-0.05, 0) is 43.8 Å². The lowest BCUT2D eigenvalue weighted by Crippen LogP contribution is -2.35. The van der Waals surface area contributed by atoms with Crippen LogP contribution in [0.3, 0.4) is 0 Å². The molecule has 0 fully saturated rings. The number of hydrogen-bond donors (Lipinski definition) is 3. The number of aliphatic hydroxyl groups excluding tert-OH is 1. The van der Waals surface area contributed by atoms with Crippen molar-refractivity contribution in [2.75, 3.05) is 32.7 Å². The summed E-state index contributed by atoms with van der Waals surface area (Å²) >= 11 is 0. The number of Topliss-reactive ketones (excluding diaryl/α,β-unsaturated/α-hetero) is 1. The number of aromatic nitrogens is 3. The van der Waals surface area contributed by atoms with Crippen molar-refractivity contribution in [1.82, 2.24) is 25.1 Å². The zero-order chi connectivity index (χ0) is 24.5. The van der Waals surface area contributed by atoms with Crippen LogP contribution >= 0.6 is 0 Å². The molecule has 1 aromatic heterocycles. The number of hydrogen-bond acceptors (Lipinski definition) is 8. The first-order valence-corrected chi connectivity index (χ1v) is 11.6. The van der Waals surface area contributed by atoms with Crippen molar-refractivity contribution < 1.29 is 14.3 Å². The van der Waals surface area contributed by atoms with Crippen LogP contribution in [0.5, 0.6) is 0 Å². The summed E-state index contributed by atoms with van der Waals surface area (Å²) in [4.78, 5) is 24.1. The first-order chi connectivity index (χ1) is 17.0. The van der Waals surface area contributed by atoms with Crippen LogP contribution in [0.2, 0.25) is 0 Å². The molecular weight excluding hydrogens is 449 g/mol. The number of aliphatic imine (C=N–C) groups is 1. The molecule has 5 rings (SSSR count). The van der Waals surface area contributed by atoms with Crippen LogP contribution in [-0.2, 0) is 13.1 Å². The van der Waals surface area contributed by atoms with Crippen molar-refractivity contribution in [3.05, 3.63) is 76.6 Å². The van der Waals surface area contributed by atoms with Crippen molar-refractivity contribution in [1.29, 1.82) is 0 Å². The molecule has 0 radical (unpaired) electrons. The Bertz CT molecular complexity index is 1270. The number of halogens is 1. The predicted molar refractivity (Wildman–Crippen MR) is 130 cm³/mol. The van der Waals surface area contributed by atoms with Gasteiger partial charge in [-0.3, -0.25) is 9.79 Å². The summed E-state index contributed by atoms with van der Waals surface area (Å²) in [6.45, 7) is 1.28. The van der Waals surface area contributed by atoms with Gasteiger partial charge < -0.3 is 15.4 Å². The molecule has 0 aliphatic carbocycles. The van der Waals surface area contributed by atoms with E-state index in [2.05, 4.69) is 50.1 Å². The number of nitrogens with one attached hydrogen (secondary N) is 2. The Morgan fingerprint density at radius 3 is 2.77 bits per heavy atom. The smallest absolute Gasteiger partial charge is 0.185 e. The Morgan fingerprint density at radius 1 is 1.23 bits per heavy atom. The first kappa shape index (κ1) is 23.3. The Kier molecular flexibility index (Phi) is 6.42. The fourth-order valence-electron chi connectivity index (χ4n) is 4.82. The fourth-order valence-corrected chi connectivity index (χ4v) is 4.82. The molecular formula is C25H28FN7O2. The molecule has 2 aliphatic rings. The maximum absolute atomic E-state index is 14.4. The number of anilines is 1. The van der Waals surface area contributed by atoms with Gasteiger partial charge in [0.05, 0.1) is 23.4 Å². The van der Waals surface area contributed by atoms with E-state index in [9.17, 15) is 14.3 Å². The van der Waals surface area contributed by atoms with Gasteiger partial charge in [0.25, 0.3) is 0 Å². The number of benzene rings is 2. The van der Waals surface area contributed by atoms with Gasteiger partial charge in [-0.2, -0.15) is 5.10 Å². The van der Waals surface area contributed by atoms with Gasteiger partial charge in [-0.1, -0.05) is 24.3 Å². The summed E-state index contributed by atoms with van der Waals surface area (Å²) in [7, 11) is 4.05. The number of aliphatic hydroxyl groups is 1. The first-order valence-electron chi connectivity index (χ1n) is 11.6. The van der Waals surface area contributed by atoms with E-state index >= 15 is 0 Å². The Balaban J connectivity index is 1.65. The molecule has 2 unspecified atom stereocenters. The van der Waals surface area contributed by atoms with Crippen LogP contribution in [0.25, 0.3) is 0 Å². The summed E-state index contributed by atoms with van der Waals surface area (Å²) in [5, 5.41) is 13.8. The normalized spacial score (nSPS) is 19.2. The van der Waals surface area contributed by atoms with Crippen LogP contribution in [0, 0.1) is 5.82 Å². The maximum atomic E-state index is 14.4. The molecule has 0 saturated carbocycles. The Hall–Kier alpha value is -3.47. The highest BCUT2D eigenvalue weighted by atomic mass is 19.1. The van der Waals surface area contributed by atoms with E-state index in [1.54, 1.807) is 4.68 Å². The molecule has 2 aromatic carbocycles. The van der Waals surface area contributed by atoms with Gasteiger partial charge in [0.1, 0.15) is 24.5 Å². The van der Waals surface area contributed by atoms with E-state index in [-0.39, 0.29) is 25.0 Å².